The topological polar surface area (TPSA) is 51.0 Å². The molecule has 0 spiro atoms. The lowest BCUT2D eigenvalue weighted by atomic mass is 9.99. The molecular formula is C14H16BrN3O. The standard InChI is InChI=1S/C14H16BrN3O/c15-12-5-1-3-10(7-12)8-13-17-14(18-19-13)11-4-2-6-16-9-11/h1,3,5,7,11,16H,2,4,6,8-9H2. The van der Waals surface area contributed by atoms with Gasteiger partial charge in [-0.1, -0.05) is 33.2 Å². The van der Waals surface area contributed by atoms with Gasteiger partial charge in [-0.3, -0.25) is 0 Å². The molecular weight excluding hydrogens is 306 g/mol. The van der Waals surface area contributed by atoms with Gasteiger partial charge in [0.05, 0.1) is 6.42 Å². The number of piperidine rings is 1. The van der Waals surface area contributed by atoms with Crippen molar-refractivity contribution in [2.24, 2.45) is 0 Å². The molecule has 0 saturated carbocycles. The van der Waals surface area contributed by atoms with E-state index in [1.54, 1.807) is 0 Å². The Kier molecular flexibility index (Phi) is 3.94. The Hall–Kier alpha value is -1.20. The molecule has 1 aliphatic heterocycles. The number of nitrogens with zero attached hydrogens (tertiary/aromatic N) is 2. The van der Waals surface area contributed by atoms with Gasteiger partial charge in [0.15, 0.2) is 5.82 Å². The molecule has 1 aromatic heterocycles. The van der Waals surface area contributed by atoms with Gasteiger partial charge < -0.3 is 9.84 Å². The van der Waals surface area contributed by atoms with Gasteiger partial charge in [-0.25, -0.2) is 0 Å². The average molecular weight is 322 g/mol. The molecule has 1 fully saturated rings. The maximum Gasteiger partial charge on any atom is 0.231 e. The summed E-state index contributed by atoms with van der Waals surface area (Å²) in [4.78, 5) is 4.53. The molecule has 1 N–H and O–H groups in total. The minimum absolute atomic E-state index is 0.397. The fourth-order valence-corrected chi connectivity index (χ4v) is 2.85. The summed E-state index contributed by atoms with van der Waals surface area (Å²) < 4.78 is 6.43. The minimum atomic E-state index is 0.397. The van der Waals surface area contributed by atoms with Gasteiger partial charge in [0.1, 0.15) is 0 Å². The van der Waals surface area contributed by atoms with Crippen molar-refractivity contribution in [3.05, 3.63) is 46.0 Å². The highest BCUT2D eigenvalue weighted by Gasteiger charge is 2.20. The molecule has 0 bridgehead atoms. The van der Waals surface area contributed by atoms with E-state index < -0.39 is 0 Å². The van der Waals surface area contributed by atoms with Crippen molar-refractivity contribution < 1.29 is 4.52 Å². The number of rotatable bonds is 3. The summed E-state index contributed by atoms with van der Waals surface area (Å²) in [6, 6.07) is 8.17. The highest BCUT2D eigenvalue weighted by atomic mass is 79.9. The summed E-state index contributed by atoms with van der Waals surface area (Å²) in [6.45, 7) is 2.05. The molecule has 100 valence electrons. The quantitative estimate of drug-likeness (QED) is 0.944. The van der Waals surface area contributed by atoms with Crippen LogP contribution >= 0.6 is 15.9 Å². The van der Waals surface area contributed by atoms with Gasteiger partial charge in [0.25, 0.3) is 0 Å². The van der Waals surface area contributed by atoms with Crippen LogP contribution in [-0.4, -0.2) is 23.2 Å². The minimum Gasteiger partial charge on any atom is -0.339 e. The molecule has 1 unspecified atom stereocenters. The van der Waals surface area contributed by atoms with Crippen molar-refractivity contribution in [3.8, 4) is 0 Å². The first-order valence-corrected chi connectivity index (χ1v) is 7.38. The van der Waals surface area contributed by atoms with Crippen LogP contribution < -0.4 is 5.32 Å². The molecule has 0 amide bonds. The molecule has 0 radical (unpaired) electrons. The van der Waals surface area contributed by atoms with Crippen LogP contribution in [0.25, 0.3) is 0 Å². The fraction of sp³-hybridized carbons (Fsp3) is 0.429. The predicted molar refractivity (Wildman–Crippen MR) is 76.1 cm³/mol. The molecule has 2 heterocycles. The van der Waals surface area contributed by atoms with E-state index in [1.807, 2.05) is 12.1 Å². The molecule has 3 rings (SSSR count). The predicted octanol–water partition coefficient (Wildman–Crippen LogP) is 2.89. The summed E-state index contributed by atoms with van der Waals surface area (Å²) in [5.41, 5.74) is 1.17. The van der Waals surface area contributed by atoms with Crippen LogP contribution in [0.2, 0.25) is 0 Å². The third-order valence-electron chi connectivity index (χ3n) is 3.39. The summed E-state index contributed by atoms with van der Waals surface area (Å²) in [7, 11) is 0. The van der Waals surface area contributed by atoms with Gasteiger partial charge in [-0.2, -0.15) is 4.98 Å². The Morgan fingerprint density at radius 2 is 2.37 bits per heavy atom. The zero-order valence-electron chi connectivity index (χ0n) is 10.6. The first-order valence-electron chi connectivity index (χ1n) is 6.59. The molecule has 5 heteroatoms. The van der Waals surface area contributed by atoms with Crippen LogP contribution in [0.4, 0.5) is 0 Å². The molecule has 1 atom stereocenters. The zero-order chi connectivity index (χ0) is 13.1. The number of nitrogens with one attached hydrogen (secondary N) is 1. The molecule has 19 heavy (non-hydrogen) atoms. The molecule has 1 aromatic carbocycles. The summed E-state index contributed by atoms with van der Waals surface area (Å²) in [6.07, 6.45) is 3.01. The van der Waals surface area contributed by atoms with Crippen molar-refractivity contribution in [2.75, 3.05) is 13.1 Å². The van der Waals surface area contributed by atoms with Crippen molar-refractivity contribution >= 4 is 15.9 Å². The monoisotopic (exact) mass is 321 g/mol. The second-order valence-electron chi connectivity index (χ2n) is 4.90. The van der Waals surface area contributed by atoms with E-state index in [4.69, 9.17) is 4.52 Å². The van der Waals surface area contributed by atoms with E-state index in [0.29, 0.717) is 18.2 Å². The number of halogens is 1. The van der Waals surface area contributed by atoms with E-state index in [9.17, 15) is 0 Å². The van der Waals surface area contributed by atoms with Crippen molar-refractivity contribution in [3.63, 3.8) is 0 Å². The van der Waals surface area contributed by atoms with Crippen molar-refractivity contribution in [1.29, 1.82) is 0 Å². The van der Waals surface area contributed by atoms with Crippen LogP contribution in [0, 0.1) is 0 Å². The van der Waals surface area contributed by atoms with E-state index in [1.165, 1.54) is 12.0 Å². The van der Waals surface area contributed by atoms with E-state index >= 15 is 0 Å². The van der Waals surface area contributed by atoms with Crippen LogP contribution in [-0.2, 0) is 6.42 Å². The van der Waals surface area contributed by atoms with E-state index in [0.717, 1.165) is 29.8 Å². The first-order chi connectivity index (χ1) is 9.31. The van der Waals surface area contributed by atoms with E-state index in [-0.39, 0.29) is 0 Å². The first kappa shape index (κ1) is 12.8. The van der Waals surface area contributed by atoms with Crippen molar-refractivity contribution in [2.45, 2.75) is 25.2 Å². The zero-order valence-corrected chi connectivity index (χ0v) is 12.2. The lowest BCUT2D eigenvalue weighted by Crippen LogP contribution is -2.28. The largest absolute Gasteiger partial charge is 0.339 e. The number of benzene rings is 1. The Bertz CT molecular complexity index is 549. The van der Waals surface area contributed by atoms with Gasteiger partial charge >= 0.3 is 0 Å². The summed E-state index contributed by atoms with van der Waals surface area (Å²) in [5.74, 6) is 1.93. The highest BCUT2D eigenvalue weighted by molar-refractivity contribution is 9.10. The summed E-state index contributed by atoms with van der Waals surface area (Å²) >= 11 is 3.47. The Balaban J connectivity index is 1.70. The highest BCUT2D eigenvalue weighted by Crippen LogP contribution is 2.21. The maximum absolute atomic E-state index is 5.36. The molecule has 1 saturated heterocycles. The smallest absolute Gasteiger partial charge is 0.231 e. The van der Waals surface area contributed by atoms with Crippen LogP contribution in [0.3, 0.4) is 0 Å². The lowest BCUT2D eigenvalue weighted by Gasteiger charge is -2.19. The van der Waals surface area contributed by atoms with Crippen LogP contribution in [0.1, 0.15) is 36.0 Å². The number of hydrogen-bond donors (Lipinski definition) is 1. The molecule has 4 nitrogen and oxygen atoms in total. The van der Waals surface area contributed by atoms with Crippen LogP contribution in [0.5, 0.6) is 0 Å². The Morgan fingerprint density at radius 1 is 1.42 bits per heavy atom. The van der Waals surface area contributed by atoms with Gasteiger partial charge in [0, 0.05) is 16.9 Å². The second kappa shape index (κ2) is 5.84. The summed E-state index contributed by atoms with van der Waals surface area (Å²) in [5, 5.41) is 7.49. The third kappa shape index (κ3) is 3.22. The average Bonchev–Trinajstić information content (AvgIpc) is 2.88. The molecule has 1 aliphatic rings. The van der Waals surface area contributed by atoms with Gasteiger partial charge in [-0.05, 0) is 37.1 Å². The second-order valence-corrected chi connectivity index (χ2v) is 5.81. The van der Waals surface area contributed by atoms with Crippen LogP contribution in [0.15, 0.2) is 33.3 Å². The van der Waals surface area contributed by atoms with E-state index in [2.05, 4.69) is 43.5 Å². The molecule has 2 aromatic rings. The number of aromatic nitrogens is 2. The lowest BCUT2D eigenvalue weighted by molar-refractivity contribution is 0.366. The van der Waals surface area contributed by atoms with Crippen molar-refractivity contribution in [1.82, 2.24) is 15.5 Å². The maximum atomic E-state index is 5.36. The SMILES string of the molecule is Brc1cccc(Cc2nc(C3CCCNC3)no2)c1. The normalized spacial score (nSPS) is 19.5. The number of hydrogen-bond acceptors (Lipinski definition) is 4. The third-order valence-corrected chi connectivity index (χ3v) is 3.88. The van der Waals surface area contributed by atoms with Gasteiger partial charge in [0.2, 0.25) is 5.89 Å². The van der Waals surface area contributed by atoms with Gasteiger partial charge in [-0.15, -0.1) is 0 Å². The fourth-order valence-electron chi connectivity index (χ4n) is 2.40. The molecule has 0 aliphatic carbocycles. The Labute approximate surface area is 120 Å². The Morgan fingerprint density at radius 3 is 3.16 bits per heavy atom.